The minimum Gasteiger partial charge on any atom is -0.326 e. The van der Waals surface area contributed by atoms with Crippen molar-refractivity contribution < 1.29 is 4.79 Å². The summed E-state index contributed by atoms with van der Waals surface area (Å²) in [6.07, 6.45) is 7.91. The molecular formula is C16H18N4OS2. The largest absolute Gasteiger partial charge is 0.326 e. The summed E-state index contributed by atoms with van der Waals surface area (Å²) in [5, 5.41) is 13.9. The van der Waals surface area contributed by atoms with Crippen LogP contribution in [0.4, 0.5) is 5.00 Å². The van der Waals surface area contributed by atoms with Crippen molar-refractivity contribution in [1.29, 1.82) is 5.26 Å². The lowest BCUT2D eigenvalue weighted by Gasteiger charge is -2.09. The fourth-order valence-electron chi connectivity index (χ4n) is 2.74. The second kappa shape index (κ2) is 7.20. The van der Waals surface area contributed by atoms with Crippen molar-refractivity contribution in [2.75, 3.05) is 11.1 Å². The van der Waals surface area contributed by atoms with E-state index in [0.717, 1.165) is 36.5 Å². The lowest BCUT2D eigenvalue weighted by molar-refractivity contribution is -0.113. The number of carbonyl (C=O) groups is 1. The second-order valence-corrected chi connectivity index (χ2v) is 7.41. The Labute approximate surface area is 143 Å². The molecule has 0 bridgehead atoms. The Hall–Kier alpha value is -1.78. The predicted octanol–water partition coefficient (Wildman–Crippen LogP) is 3.45. The van der Waals surface area contributed by atoms with Gasteiger partial charge in [-0.25, -0.2) is 4.98 Å². The van der Waals surface area contributed by atoms with Crippen LogP contribution in [-0.2, 0) is 24.2 Å². The first-order chi connectivity index (χ1) is 11.2. The molecule has 2 aromatic heterocycles. The number of imidazole rings is 1. The number of thiophene rings is 1. The van der Waals surface area contributed by atoms with Crippen LogP contribution in [0.1, 0.15) is 35.8 Å². The van der Waals surface area contributed by atoms with Crippen LogP contribution < -0.4 is 5.32 Å². The average molecular weight is 346 g/mol. The molecule has 0 saturated heterocycles. The van der Waals surface area contributed by atoms with E-state index in [2.05, 4.69) is 16.4 Å². The summed E-state index contributed by atoms with van der Waals surface area (Å²) in [6.45, 7) is 2.88. The van der Waals surface area contributed by atoms with Gasteiger partial charge in [0.15, 0.2) is 5.16 Å². The van der Waals surface area contributed by atoms with Crippen molar-refractivity contribution in [2.45, 2.75) is 44.3 Å². The second-order valence-electron chi connectivity index (χ2n) is 5.36. The number of rotatable bonds is 5. The first-order valence-corrected chi connectivity index (χ1v) is 9.51. The van der Waals surface area contributed by atoms with Crippen LogP contribution in [-0.4, -0.2) is 21.2 Å². The summed E-state index contributed by atoms with van der Waals surface area (Å²) >= 11 is 2.98. The first-order valence-electron chi connectivity index (χ1n) is 7.71. The highest BCUT2D eigenvalue weighted by Crippen LogP contribution is 2.37. The number of nitrogens with zero attached hydrogens (tertiary/aromatic N) is 3. The van der Waals surface area contributed by atoms with Gasteiger partial charge in [0.1, 0.15) is 11.1 Å². The van der Waals surface area contributed by atoms with E-state index in [1.54, 1.807) is 17.5 Å². The van der Waals surface area contributed by atoms with Gasteiger partial charge in [-0.1, -0.05) is 11.8 Å². The summed E-state index contributed by atoms with van der Waals surface area (Å²) in [4.78, 5) is 17.7. The zero-order valence-electron chi connectivity index (χ0n) is 13.0. The zero-order chi connectivity index (χ0) is 16.2. The molecule has 1 N–H and O–H groups in total. The van der Waals surface area contributed by atoms with Crippen molar-refractivity contribution in [3.63, 3.8) is 0 Å². The Morgan fingerprint density at radius 2 is 2.35 bits per heavy atom. The van der Waals surface area contributed by atoms with Gasteiger partial charge in [0.05, 0.1) is 11.3 Å². The number of nitriles is 1. The topological polar surface area (TPSA) is 70.7 Å². The molecule has 1 amide bonds. The predicted molar refractivity (Wildman–Crippen MR) is 92.9 cm³/mol. The molecule has 0 aliphatic heterocycles. The van der Waals surface area contributed by atoms with Crippen molar-refractivity contribution in [3.05, 3.63) is 28.4 Å². The van der Waals surface area contributed by atoms with Crippen molar-refractivity contribution in [2.24, 2.45) is 0 Å². The number of carbonyl (C=O) groups excluding carboxylic acids is 1. The zero-order valence-corrected chi connectivity index (χ0v) is 14.6. The van der Waals surface area contributed by atoms with Crippen LogP contribution in [0.25, 0.3) is 0 Å². The van der Waals surface area contributed by atoms with Crippen LogP contribution in [0, 0.1) is 11.3 Å². The number of nitrogens with one attached hydrogen (secondary N) is 1. The molecule has 2 heterocycles. The van der Waals surface area contributed by atoms with E-state index in [-0.39, 0.29) is 5.91 Å². The quantitative estimate of drug-likeness (QED) is 0.842. The van der Waals surface area contributed by atoms with E-state index in [1.165, 1.54) is 23.1 Å². The molecule has 0 aromatic carbocycles. The highest BCUT2D eigenvalue weighted by atomic mass is 32.2. The van der Waals surface area contributed by atoms with Crippen LogP contribution in [0.15, 0.2) is 17.6 Å². The Kier molecular flexibility index (Phi) is 5.03. The number of amides is 1. The molecule has 0 atom stereocenters. The number of aryl methyl sites for hydroxylation is 2. The summed E-state index contributed by atoms with van der Waals surface area (Å²) in [5.41, 5.74) is 1.81. The number of thioether (sulfide) groups is 1. The fraction of sp³-hybridized carbons (Fsp3) is 0.438. The maximum Gasteiger partial charge on any atom is 0.235 e. The third kappa shape index (κ3) is 3.43. The molecule has 120 valence electrons. The lowest BCUT2D eigenvalue weighted by atomic mass is 9.96. The van der Waals surface area contributed by atoms with E-state index in [0.29, 0.717) is 16.3 Å². The molecule has 1 aliphatic carbocycles. The normalized spacial score (nSPS) is 13.4. The molecule has 5 nitrogen and oxygen atoms in total. The highest BCUT2D eigenvalue weighted by molar-refractivity contribution is 7.99. The van der Waals surface area contributed by atoms with Gasteiger partial charge in [0, 0.05) is 23.8 Å². The molecule has 0 spiro atoms. The van der Waals surface area contributed by atoms with Crippen molar-refractivity contribution >= 4 is 34.0 Å². The number of fused-ring (bicyclic) bond motifs is 1. The minimum atomic E-state index is -0.0873. The third-order valence-corrected chi connectivity index (χ3v) is 6.10. The van der Waals surface area contributed by atoms with Crippen molar-refractivity contribution in [3.8, 4) is 6.07 Å². The fourth-order valence-corrected chi connectivity index (χ4v) is 4.82. The van der Waals surface area contributed by atoms with Gasteiger partial charge in [-0.15, -0.1) is 11.3 Å². The Bertz CT molecular complexity index is 757. The maximum atomic E-state index is 12.2. The molecule has 2 aromatic rings. The smallest absolute Gasteiger partial charge is 0.235 e. The molecule has 1 aliphatic rings. The Balaban J connectivity index is 1.66. The lowest BCUT2D eigenvalue weighted by Crippen LogP contribution is -2.14. The Morgan fingerprint density at radius 1 is 1.52 bits per heavy atom. The monoisotopic (exact) mass is 346 g/mol. The van der Waals surface area contributed by atoms with Gasteiger partial charge < -0.3 is 9.88 Å². The summed E-state index contributed by atoms with van der Waals surface area (Å²) in [7, 11) is 0. The van der Waals surface area contributed by atoms with E-state index in [1.807, 2.05) is 17.7 Å². The average Bonchev–Trinajstić information content (AvgIpc) is 3.16. The molecule has 0 fully saturated rings. The highest BCUT2D eigenvalue weighted by Gasteiger charge is 2.21. The van der Waals surface area contributed by atoms with Gasteiger partial charge >= 0.3 is 0 Å². The standard InChI is InChI=1S/C16H18N4OS2/c1-2-20-8-7-18-16(20)22-10-14(21)19-15-12(9-17)11-5-3-4-6-13(11)23-15/h7-8H,2-6,10H2,1H3,(H,19,21). The number of aromatic nitrogens is 2. The van der Waals surface area contributed by atoms with E-state index >= 15 is 0 Å². The molecule has 0 radical (unpaired) electrons. The van der Waals surface area contributed by atoms with Crippen LogP contribution >= 0.6 is 23.1 Å². The van der Waals surface area contributed by atoms with E-state index in [9.17, 15) is 10.1 Å². The van der Waals surface area contributed by atoms with Gasteiger partial charge in [0.2, 0.25) is 5.91 Å². The summed E-state index contributed by atoms with van der Waals surface area (Å²) < 4.78 is 2.00. The summed E-state index contributed by atoms with van der Waals surface area (Å²) in [5.74, 6) is 0.209. The molecule has 23 heavy (non-hydrogen) atoms. The van der Waals surface area contributed by atoms with Crippen LogP contribution in [0.2, 0.25) is 0 Å². The van der Waals surface area contributed by atoms with E-state index < -0.39 is 0 Å². The number of anilines is 1. The van der Waals surface area contributed by atoms with Gasteiger partial charge in [-0.05, 0) is 38.2 Å². The minimum absolute atomic E-state index is 0.0873. The number of hydrogen-bond acceptors (Lipinski definition) is 5. The number of hydrogen-bond donors (Lipinski definition) is 1. The molecule has 3 rings (SSSR count). The van der Waals surface area contributed by atoms with Gasteiger partial charge in [0.25, 0.3) is 0 Å². The molecule has 0 saturated carbocycles. The first kappa shape index (κ1) is 16.1. The Morgan fingerprint density at radius 3 is 3.13 bits per heavy atom. The van der Waals surface area contributed by atoms with Gasteiger partial charge in [-0.2, -0.15) is 5.26 Å². The van der Waals surface area contributed by atoms with Crippen molar-refractivity contribution in [1.82, 2.24) is 9.55 Å². The molecule has 0 unspecified atom stereocenters. The van der Waals surface area contributed by atoms with Crippen LogP contribution in [0.5, 0.6) is 0 Å². The SMILES string of the molecule is CCn1ccnc1SCC(=O)Nc1sc2c(c1C#N)CCCC2. The van der Waals surface area contributed by atoms with Crippen LogP contribution in [0.3, 0.4) is 0 Å². The van der Waals surface area contributed by atoms with Gasteiger partial charge in [-0.3, -0.25) is 4.79 Å². The molecule has 7 heteroatoms. The maximum absolute atomic E-state index is 12.2. The summed E-state index contributed by atoms with van der Waals surface area (Å²) in [6, 6.07) is 2.27. The molecular weight excluding hydrogens is 328 g/mol. The third-order valence-electron chi connectivity index (χ3n) is 3.89. The van der Waals surface area contributed by atoms with E-state index in [4.69, 9.17) is 0 Å².